The maximum Gasteiger partial charge on any atom is 0.257 e. The fourth-order valence-corrected chi connectivity index (χ4v) is 6.80. The largest absolute Gasteiger partial charge is 0.490 e. The first-order valence-electron chi connectivity index (χ1n) is 12.1. The Balaban J connectivity index is 1.34. The second-order valence-electron chi connectivity index (χ2n) is 9.74. The van der Waals surface area contributed by atoms with Crippen molar-refractivity contribution in [3.05, 3.63) is 47.8 Å². The number of carbonyl (C=O) groups is 1. The van der Waals surface area contributed by atoms with Gasteiger partial charge in [-0.05, 0) is 68.5 Å². The van der Waals surface area contributed by atoms with Gasteiger partial charge >= 0.3 is 0 Å². The molecule has 3 aliphatic rings. The molecule has 0 bridgehead atoms. The van der Waals surface area contributed by atoms with Crippen molar-refractivity contribution in [2.24, 2.45) is 0 Å². The summed E-state index contributed by atoms with van der Waals surface area (Å²) >= 11 is 0. The molecule has 194 valence electrons. The lowest BCUT2D eigenvalue weighted by Crippen LogP contribution is -2.49. The third-order valence-corrected chi connectivity index (χ3v) is 10.4. The van der Waals surface area contributed by atoms with Gasteiger partial charge in [-0.25, -0.2) is 21.2 Å². The summed E-state index contributed by atoms with van der Waals surface area (Å²) in [7, 11) is -6.99. The lowest BCUT2D eigenvalue weighted by Gasteiger charge is -2.36. The number of nitrogens with zero attached hydrogens (tertiary/aromatic N) is 2. The normalized spacial score (nSPS) is 19.2. The number of amides is 1. The maximum atomic E-state index is 14.7. The summed E-state index contributed by atoms with van der Waals surface area (Å²) in [6, 6.07) is 8.40. The molecule has 8 nitrogen and oxygen atoms in total. The highest BCUT2D eigenvalue weighted by Gasteiger charge is 2.38. The predicted molar refractivity (Wildman–Crippen MR) is 133 cm³/mol. The van der Waals surface area contributed by atoms with Crippen LogP contribution < -0.4 is 9.64 Å². The third-order valence-electron chi connectivity index (χ3n) is 7.07. The number of hydrogen-bond acceptors (Lipinski definition) is 7. The highest BCUT2D eigenvalue weighted by molar-refractivity contribution is 7.92. The van der Waals surface area contributed by atoms with Crippen molar-refractivity contribution in [3.8, 4) is 5.75 Å². The molecule has 0 N–H and O–H groups in total. The van der Waals surface area contributed by atoms with Gasteiger partial charge in [-0.3, -0.25) is 4.79 Å². The molecule has 3 fully saturated rings. The zero-order valence-corrected chi connectivity index (χ0v) is 21.7. The SMILES string of the molecule is CS(=O)(=O)c1ccc(N2CCN(C(=O)c3cc(S(=O)(=O)C4CC4)ccc3OC3CCC3)CC2)c(F)c1. The van der Waals surface area contributed by atoms with Gasteiger partial charge in [-0.2, -0.15) is 0 Å². The Morgan fingerprint density at radius 1 is 0.917 bits per heavy atom. The summed E-state index contributed by atoms with van der Waals surface area (Å²) < 4.78 is 69.7. The van der Waals surface area contributed by atoms with Crippen molar-refractivity contribution < 1.29 is 30.8 Å². The zero-order valence-electron chi connectivity index (χ0n) is 20.0. The van der Waals surface area contributed by atoms with Crippen LogP contribution in [0.1, 0.15) is 42.5 Å². The molecule has 1 aliphatic heterocycles. The van der Waals surface area contributed by atoms with Crippen LogP contribution in [-0.2, 0) is 19.7 Å². The maximum absolute atomic E-state index is 14.7. The Morgan fingerprint density at radius 2 is 1.58 bits per heavy atom. The molecule has 1 amide bonds. The highest BCUT2D eigenvalue weighted by Crippen LogP contribution is 2.36. The van der Waals surface area contributed by atoms with Crippen LogP contribution in [0.2, 0.25) is 0 Å². The standard InChI is InChI=1S/C25H29FN2O6S2/c1-35(30,31)19-7-9-23(22(26)16-19)27-11-13-28(14-12-27)25(29)21-15-20(36(32,33)18-5-6-18)8-10-24(21)34-17-3-2-4-17/h7-10,15-18H,2-6,11-14H2,1H3. The second-order valence-corrected chi connectivity index (χ2v) is 14.0. The van der Waals surface area contributed by atoms with Crippen LogP contribution in [0.25, 0.3) is 0 Å². The molecule has 0 spiro atoms. The van der Waals surface area contributed by atoms with Crippen LogP contribution in [-0.4, -0.2) is 71.4 Å². The molecule has 1 saturated heterocycles. The van der Waals surface area contributed by atoms with Gasteiger partial charge in [0.05, 0.1) is 32.4 Å². The lowest BCUT2D eigenvalue weighted by atomic mass is 9.96. The molecule has 2 aromatic carbocycles. The number of rotatable bonds is 7. The fourth-order valence-electron chi connectivity index (χ4n) is 4.49. The van der Waals surface area contributed by atoms with Crippen molar-refractivity contribution in [1.82, 2.24) is 4.90 Å². The fraction of sp³-hybridized carbons (Fsp3) is 0.480. The van der Waals surface area contributed by atoms with Gasteiger partial charge in [0.1, 0.15) is 11.6 Å². The van der Waals surface area contributed by atoms with Crippen LogP contribution in [0, 0.1) is 5.82 Å². The van der Waals surface area contributed by atoms with Crippen LogP contribution in [0.4, 0.5) is 10.1 Å². The number of benzene rings is 2. The summed E-state index contributed by atoms with van der Waals surface area (Å²) in [5.74, 6) is -0.555. The monoisotopic (exact) mass is 536 g/mol. The van der Waals surface area contributed by atoms with E-state index in [-0.39, 0.29) is 38.3 Å². The number of piperazine rings is 1. The number of hydrogen-bond donors (Lipinski definition) is 0. The van der Waals surface area contributed by atoms with Crippen LogP contribution in [0.3, 0.4) is 0 Å². The third kappa shape index (κ3) is 4.95. The smallest absolute Gasteiger partial charge is 0.257 e. The molecule has 36 heavy (non-hydrogen) atoms. The van der Waals surface area contributed by atoms with Crippen molar-refractivity contribution >= 4 is 31.3 Å². The molecule has 0 radical (unpaired) electrons. The van der Waals surface area contributed by atoms with Gasteiger partial charge in [0.25, 0.3) is 5.91 Å². The number of sulfone groups is 2. The van der Waals surface area contributed by atoms with Crippen molar-refractivity contribution in [3.63, 3.8) is 0 Å². The number of anilines is 1. The van der Waals surface area contributed by atoms with Gasteiger partial charge in [0, 0.05) is 32.4 Å². The van der Waals surface area contributed by atoms with E-state index >= 15 is 0 Å². The van der Waals surface area contributed by atoms with E-state index in [1.807, 2.05) is 0 Å². The predicted octanol–water partition coefficient (Wildman–Crippen LogP) is 3.06. The second kappa shape index (κ2) is 9.33. The van der Waals surface area contributed by atoms with Gasteiger partial charge in [0.15, 0.2) is 19.7 Å². The quantitative estimate of drug-likeness (QED) is 0.536. The van der Waals surface area contributed by atoms with Gasteiger partial charge in [-0.15, -0.1) is 0 Å². The van der Waals surface area contributed by atoms with Gasteiger partial charge in [0.2, 0.25) is 0 Å². The first kappa shape index (κ1) is 25.0. The average Bonchev–Trinajstić information content (AvgIpc) is 3.67. The molecular weight excluding hydrogens is 507 g/mol. The molecule has 0 atom stereocenters. The van der Waals surface area contributed by atoms with E-state index in [1.165, 1.54) is 24.3 Å². The number of carbonyl (C=O) groups excluding carboxylic acids is 1. The summed E-state index contributed by atoms with van der Waals surface area (Å²) in [6.45, 7) is 1.29. The van der Waals surface area contributed by atoms with E-state index in [9.17, 15) is 26.0 Å². The van der Waals surface area contributed by atoms with Crippen LogP contribution in [0.5, 0.6) is 5.75 Å². The molecule has 0 aromatic heterocycles. The van der Waals surface area contributed by atoms with Gasteiger partial charge < -0.3 is 14.5 Å². The highest BCUT2D eigenvalue weighted by atomic mass is 32.2. The Bertz CT molecular complexity index is 1390. The molecule has 0 unspecified atom stereocenters. The summed E-state index contributed by atoms with van der Waals surface area (Å²) in [5, 5.41) is -0.383. The molecular formula is C25H29FN2O6S2. The molecule has 1 heterocycles. The topological polar surface area (TPSA) is 101 Å². The Morgan fingerprint density at radius 3 is 2.14 bits per heavy atom. The molecule has 2 aromatic rings. The van der Waals surface area contributed by atoms with Crippen molar-refractivity contribution in [2.45, 2.75) is 53.2 Å². The molecule has 2 aliphatic carbocycles. The molecule has 11 heteroatoms. The van der Waals surface area contributed by atoms with Crippen molar-refractivity contribution in [2.75, 3.05) is 37.3 Å². The minimum atomic E-state index is -3.52. The van der Waals surface area contributed by atoms with E-state index in [2.05, 4.69) is 0 Å². The zero-order chi connectivity index (χ0) is 25.7. The lowest BCUT2D eigenvalue weighted by molar-refractivity contribution is 0.0728. The minimum Gasteiger partial charge on any atom is -0.490 e. The molecule has 2 saturated carbocycles. The van der Waals surface area contributed by atoms with E-state index < -0.39 is 25.5 Å². The minimum absolute atomic E-state index is 0.0252. The Kier molecular flexibility index (Phi) is 6.48. The van der Waals surface area contributed by atoms with Crippen molar-refractivity contribution in [1.29, 1.82) is 0 Å². The van der Waals surface area contributed by atoms with E-state index in [0.717, 1.165) is 31.6 Å². The Hall–Kier alpha value is -2.66. The van der Waals surface area contributed by atoms with Crippen LogP contribution >= 0.6 is 0 Å². The Labute approximate surface area is 210 Å². The first-order chi connectivity index (χ1) is 17.0. The van der Waals surface area contributed by atoms with E-state index in [0.29, 0.717) is 44.8 Å². The average molecular weight is 537 g/mol. The summed E-state index contributed by atoms with van der Waals surface area (Å²) in [4.78, 5) is 17.0. The van der Waals surface area contributed by atoms with Gasteiger partial charge in [-0.1, -0.05) is 0 Å². The number of ether oxygens (including phenoxy) is 1. The summed E-state index contributed by atoms with van der Waals surface area (Å²) in [6.07, 6.45) is 5.18. The molecule has 5 rings (SSSR count). The van der Waals surface area contributed by atoms with E-state index in [1.54, 1.807) is 15.9 Å². The first-order valence-corrected chi connectivity index (χ1v) is 15.6. The van der Waals surface area contributed by atoms with E-state index in [4.69, 9.17) is 4.74 Å². The van der Waals surface area contributed by atoms with Crippen LogP contribution in [0.15, 0.2) is 46.2 Å². The summed E-state index contributed by atoms with van der Waals surface area (Å²) in [5.41, 5.74) is 0.516. The number of halogens is 1.